The van der Waals surface area contributed by atoms with E-state index in [4.69, 9.17) is 5.11 Å². The molecule has 0 spiro atoms. The number of hydrogen-bond acceptors (Lipinski definition) is 1. The van der Waals surface area contributed by atoms with E-state index < -0.39 is 5.97 Å². The van der Waals surface area contributed by atoms with Gasteiger partial charge < -0.3 is 5.11 Å². The Morgan fingerprint density at radius 2 is 2.00 bits per heavy atom. The number of carboxylic acids is 1. The summed E-state index contributed by atoms with van der Waals surface area (Å²) in [6, 6.07) is 0. The molecule has 0 aliphatic rings. The fourth-order valence-corrected chi connectivity index (χ4v) is 1.30. The van der Waals surface area contributed by atoms with Crippen molar-refractivity contribution in [1.29, 1.82) is 0 Å². The second-order valence-electron chi connectivity index (χ2n) is 4.62. The van der Waals surface area contributed by atoms with Gasteiger partial charge in [0.25, 0.3) is 0 Å². The van der Waals surface area contributed by atoms with Crippen LogP contribution in [-0.4, -0.2) is 11.1 Å². The third kappa shape index (κ3) is 3.62. The largest absolute Gasteiger partial charge is 0.481 e. The van der Waals surface area contributed by atoms with Crippen molar-refractivity contribution in [3.05, 3.63) is 12.7 Å². The number of carboxylic acid groups (broad SMARTS) is 1. The van der Waals surface area contributed by atoms with Crippen LogP contribution < -0.4 is 0 Å². The third-order valence-corrected chi connectivity index (χ3v) is 2.71. The van der Waals surface area contributed by atoms with Crippen LogP contribution in [0.1, 0.15) is 34.1 Å². The average Bonchev–Trinajstić information content (AvgIpc) is 1.96. The molecular weight excluding hydrogens is 164 g/mol. The fraction of sp³-hybridized carbons (Fsp3) is 0.727. The number of hydrogen-bond donors (Lipinski definition) is 1. The Morgan fingerprint density at radius 1 is 1.54 bits per heavy atom. The van der Waals surface area contributed by atoms with Crippen molar-refractivity contribution < 1.29 is 9.90 Å². The van der Waals surface area contributed by atoms with Gasteiger partial charge in [-0.2, -0.15) is 0 Å². The van der Waals surface area contributed by atoms with E-state index in [9.17, 15) is 4.79 Å². The molecule has 76 valence electrons. The van der Waals surface area contributed by atoms with E-state index in [1.165, 1.54) is 0 Å². The van der Waals surface area contributed by atoms with Crippen molar-refractivity contribution in [2.45, 2.75) is 34.1 Å². The minimum absolute atomic E-state index is 0.0338. The molecule has 0 radical (unpaired) electrons. The first kappa shape index (κ1) is 12.2. The zero-order valence-electron chi connectivity index (χ0n) is 9.00. The van der Waals surface area contributed by atoms with Crippen LogP contribution in [-0.2, 0) is 4.79 Å². The molecule has 0 saturated heterocycles. The molecule has 0 aromatic carbocycles. The van der Waals surface area contributed by atoms with Crippen molar-refractivity contribution in [2.24, 2.45) is 17.3 Å². The van der Waals surface area contributed by atoms with E-state index >= 15 is 0 Å². The Balaban J connectivity index is 4.55. The molecule has 0 unspecified atom stereocenters. The highest BCUT2D eigenvalue weighted by Gasteiger charge is 2.31. The van der Waals surface area contributed by atoms with Crippen molar-refractivity contribution in [3.63, 3.8) is 0 Å². The second-order valence-corrected chi connectivity index (χ2v) is 4.62. The maximum atomic E-state index is 10.9. The fourth-order valence-electron chi connectivity index (χ4n) is 1.30. The van der Waals surface area contributed by atoms with Crippen LogP contribution in [0.4, 0.5) is 0 Å². The first-order valence-corrected chi connectivity index (χ1v) is 4.64. The van der Waals surface area contributed by atoms with Crippen molar-refractivity contribution in [2.75, 3.05) is 0 Å². The van der Waals surface area contributed by atoms with Gasteiger partial charge in [0.2, 0.25) is 0 Å². The van der Waals surface area contributed by atoms with E-state index in [-0.39, 0.29) is 17.3 Å². The van der Waals surface area contributed by atoms with Crippen LogP contribution in [0.3, 0.4) is 0 Å². The van der Waals surface area contributed by atoms with Gasteiger partial charge >= 0.3 is 5.97 Å². The van der Waals surface area contributed by atoms with Crippen molar-refractivity contribution in [1.82, 2.24) is 0 Å². The molecule has 2 nitrogen and oxygen atoms in total. The molecular formula is C11H20O2. The molecule has 0 aromatic rings. The Labute approximate surface area is 80.7 Å². The van der Waals surface area contributed by atoms with E-state index in [0.29, 0.717) is 6.42 Å². The van der Waals surface area contributed by atoms with Gasteiger partial charge in [0, 0.05) is 0 Å². The predicted octanol–water partition coefficient (Wildman–Crippen LogP) is 2.95. The Bertz CT molecular complexity index is 189. The van der Waals surface area contributed by atoms with Crippen LogP contribution in [0.2, 0.25) is 0 Å². The maximum Gasteiger partial charge on any atom is 0.307 e. The van der Waals surface area contributed by atoms with Gasteiger partial charge in [-0.25, -0.2) is 0 Å². The molecule has 2 heteroatoms. The van der Waals surface area contributed by atoms with E-state index in [1.54, 1.807) is 6.08 Å². The lowest BCUT2D eigenvalue weighted by Gasteiger charge is -2.31. The normalized spacial score (nSPS) is 16.3. The number of carbonyl (C=O) groups is 1. The van der Waals surface area contributed by atoms with E-state index in [2.05, 4.69) is 27.4 Å². The predicted molar refractivity (Wildman–Crippen MR) is 54.6 cm³/mol. The van der Waals surface area contributed by atoms with Crippen molar-refractivity contribution >= 4 is 5.97 Å². The minimum Gasteiger partial charge on any atom is -0.481 e. The standard InChI is InChI=1S/C11H20O2/c1-6-7-9(10(12)13)8(2)11(3,4)5/h6,8-9H,1,7H2,2-5H3,(H,12,13)/t8-,9+/m0/s1. The topological polar surface area (TPSA) is 37.3 Å². The highest BCUT2D eigenvalue weighted by atomic mass is 16.4. The monoisotopic (exact) mass is 184 g/mol. The lowest BCUT2D eigenvalue weighted by atomic mass is 9.73. The molecule has 0 rings (SSSR count). The van der Waals surface area contributed by atoms with Gasteiger partial charge in [-0.3, -0.25) is 4.79 Å². The molecule has 0 saturated carbocycles. The summed E-state index contributed by atoms with van der Waals surface area (Å²) in [4.78, 5) is 10.9. The summed E-state index contributed by atoms with van der Waals surface area (Å²) in [7, 11) is 0. The van der Waals surface area contributed by atoms with Gasteiger partial charge in [-0.15, -0.1) is 6.58 Å². The number of aliphatic carboxylic acids is 1. The molecule has 0 aliphatic heterocycles. The lowest BCUT2D eigenvalue weighted by Crippen LogP contribution is -2.30. The van der Waals surface area contributed by atoms with Gasteiger partial charge in [-0.05, 0) is 17.8 Å². The van der Waals surface area contributed by atoms with Crippen LogP contribution >= 0.6 is 0 Å². The number of allylic oxidation sites excluding steroid dienone is 1. The van der Waals surface area contributed by atoms with Crippen LogP contribution in [0.15, 0.2) is 12.7 Å². The smallest absolute Gasteiger partial charge is 0.307 e. The van der Waals surface area contributed by atoms with Gasteiger partial charge in [0.05, 0.1) is 5.92 Å². The van der Waals surface area contributed by atoms with Crippen LogP contribution in [0.5, 0.6) is 0 Å². The summed E-state index contributed by atoms with van der Waals surface area (Å²) in [5.74, 6) is -0.872. The molecule has 2 atom stereocenters. The number of rotatable bonds is 4. The zero-order chi connectivity index (χ0) is 10.6. The highest BCUT2D eigenvalue weighted by molar-refractivity contribution is 5.70. The highest BCUT2D eigenvalue weighted by Crippen LogP contribution is 2.33. The Kier molecular flexibility index (Phi) is 4.18. The molecule has 0 aliphatic carbocycles. The third-order valence-electron chi connectivity index (χ3n) is 2.71. The quantitative estimate of drug-likeness (QED) is 0.682. The molecule has 13 heavy (non-hydrogen) atoms. The second kappa shape index (κ2) is 4.45. The SMILES string of the molecule is C=CC[C@@H](C(=O)O)[C@H](C)C(C)(C)C. The molecule has 0 amide bonds. The minimum atomic E-state index is -0.720. The summed E-state index contributed by atoms with van der Waals surface area (Å²) in [5, 5.41) is 8.99. The summed E-state index contributed by atoms with van der Waals surface area (Å²) in [6.45, 7) is 11.8. The molecule has 0 aromatic heterocycles. The van der Waals surface area contributed by atoms with Crippen LogP contribution in [0.25, 0.3) is 0 Å². The van der Waals surface area contributed by atoms with E-state index in [1.807, 2.05) is 6.92 Å². The molecule has 0 fully saturated rings. The van der Waals surface area contributed by atoms with Gasteiger partial charge in [-0.1, -0.05) is 33.8 Å². The molecule has 0 heterocycles. The van der Waals surface area contributed by atoms with Crippen molar-refractivity contribution in [3.8, 4) is 0 Å². The summed E-state index contributed by atoms with van der Waals surface area (Å²) >= 11 is 0. The molecule has 1 N–H and O–H groups in total. The molecule has 0 bridgehead atoms. The summed E-state index contributed by atoms with van der Waals surface area (Å²) in [5.41, 5.74) is 0.0338. The Morgan fingerprint density at radius 3 is 2.23 bits per heavy atom. The first-order valence-electron chi connectivity index (χ1n) is 4.64. The average molecular weight is 184 g/mol. The summed E-state index contributed by atoms with van der Waals surface area (Å²) in [6.07, 6.45) is 2.23. The first-order chi connectivity index (χ1) is 5.80. The summed E-state index contributed by atoms with van der Waals surface area (Å²) < 4.78 is 0. The maximum absolute atomic E-state index is 10.9. The zero-order valence-corrected chi connectivity index (χ0v) is 9.00. The van der Waals surface area contributed by atoms with Crippen LogP contribution in [0, 0.1) is 17.3 Å². The Hall–Kier alpha value is -0.790. The lowest BCUT2D eigenvalue weighted by molar-refractivity contribution is -0.144. The van der Waals surface area contributed by atoms with Gasteiger partial charge in [0.1, 0.15) is 0 Å². The van der Waals surface area contributed by atoms with Gasteiger partial charge in [0.15, 0.2) is 0 Å². The van der Waals surface area contributed by atoms with E-state index in [0.717, 1.165) is 0 Å².